The van der Waals surface area contributed by atoms with E-state index in [1.165, 1.54) is 0 Å². The number of hydrogen-bond acceptors (Lipinski definition) is 4. The molecule has 0 unspecified atom stereocenters. The maximum atomic E-state index is 12.1. The molecule has 1 aromatic carbocycles. The van der Waals surface area contributed by atoms with Gasteiger partial charge in [0.15, 0.2) is 0 Å². The molecule has 0 saturated carbocycles. The zero-order chi connectivity index (χ0) is 14.8. The first-order chi connectivity index (χ1) is 10.2. The second-order valence-corrected chi connectivity index (χ2v) is 4.55. The van der Waals surface area contributed by atoms with Crippen molar-refractivity contribution in [3.8, 4) is 0 Å². The standard InChI is InChI=1S/C14H12N4O3/c19-12(17-7-11-15-5-6-16-11)8-18-13(20)9-3-1-2-4-10(9)14(18)21/h1-6H,7-8H2,(H,15,16)(H,17,19). The summed E-state index contributed by atoms with van der Waals surface area (Å²) in [5.41, 5.74) is 0.669. The summed E-state index contributed by atoms with van der Waals surface area (Å²) in [6, 6.07) is 6.53. The third kappa shape index (κ3) is 2.40. The van der Waals surface area contributed by atoms with Crippen LogP contribution in [0.3, 0.4) is 0 Å². The summed E-state index contributed by atoms with van der Waals surface area (Å²) >= 11 is 0. The Bertz CT molecular complexity index is 674. The lowest BCUT2D eigenvalue weighted by Gasteiger charge is -2.13. The third-order valence-corrected chi connectivity index (χ3v) is 3.19. The lowest BCUT2D eigenvalue weighted by molar-refractivity contribution is -0.121. The van der Waals surface area contributed by atoms with Crippen molar-refractivity contribution in [2.24, 2.45) is 0 Å². The highest BCUT2D eigenvalue weighted by Crippen LogP contribution is 2.21. The van der Waals surface area contributed by atoms with Crippen molar-refractivity contribution in [2.75, 3.05) is 6.54 Å². The van der Waals surface area contributed by atoms with E-state index in [1.807, 2.05) is 0 Å². The fraction of sp³-hybridized carbons (Fsp3) is 0.143. The molecule has 0 bridgehead atoms. The van der Waals surface area contributed by atoms with Gasteiger partial charge in [0.25, 0.3) is 11.8 Å². The number of nitrogens with one attached hydrogen (secondary N) is 2. The molecule has 106 valence electrons. The van der Waals surface area contributed by atoms with Crippen LogP contribution in [0.2, 0.25) is 0 Å². The summed E-state index contributed by atoms with van der Waals surface area (Å²) in [5, 5.41) is 2.60. The second kappa shape index (κ2) is 5.20. The fourth-order valence-corrected chi connectivity index (χ4v) is 2.16. The Morgan fingerprint density at radius 2 is 1.86 bits per heavy atom. The number of fused-ring (bicyclic) bond motifs is 1. The maximum absolute atomic E-state index is 12.1. The van der Waals surface area contributed by atoms with Gasteiger partial charge in [0, 0.05) is 12.4 Å². The molecule has 21 heavy (non-hydrogen) atoms. The number of hydrogen-bond donors (Lipinski definition) is 2. The molecule has 1 aliphatic rings. The normalized spacial score (nSPS) is 13.4. The largest absolute Gasteiger partial charge is 0.347 e. The van der Waals surface area contributed by atoms with Crippen molar-refractivity contribution in [3.05, 3.63) is 53.6 Å². The molecule has 0 spiro atoms. The summed E-state index contributed by atoms with van der Waals surface area (Å²) in [7, 11) is 0. The first kappa shape index (κ1) is 13.0. The van der Waals surface area contributed by atoms with Crippen molar-refractivity contribution in [1.29, 1.82) is 0 Å². The number of aromatic nitrogens is 2. The average molecular weight is 284 g/mol. The van der Waals surface area contributed by atoms with Crippen LogP contribution in [-0.2, 0) is 11.3 Å². The second-order valence-electron chi connectivity index (χ2n) is 4.55. The van der Waals surface area contributed by atoms with Gasteiger partial charge in [-0.05, 0) is 12.1 Å². The molecular formula is C14H12N4O3. The Labute approximate surface area is 120 Å². The molecule has 0 radical (unpaired) electrons. The minimum absolute atomic E-state index is 0.217. The van der Waals surface area contributed by atoms with E-state index in [2.05, 4.69) is 15.3 Å². The quantitative estimate of drug-likeness (QED) is 0.790. The Kier molecular flexibility index (Phi) is 3.23. The molecule has 2 aromatic rings. The highest BCUT2D eigenvalue weighted by atomic mass is 16.2. The highest BCUT2D eigenvalue weighted by Gasteiger charge is 2.36. The van der Waals surface area contributed by atoms with Crippen LogP contribution in [0.4, 0.5) is 0 Å². The number of H-pyrrole nitrogens is 1. The number of imidazole rings is 1. The van der Waals surface area contributed by atoms with Crippen LogP contribution >= 0.6 is 0 Å². The van der Waals surface area contributed by atoms with Gasteiger partial charge in [-0.2, -0.15) is 0 Å². The van der Waals surface area contributed by atoms with E-state index in [-0.39, 0.29) is 13.1 Å². The number of nitrogens with zero attached hydrogens (tertiary/aromatic N) is 2. The smallest absolute Gasteiger partial charge is 0.262 e. The lowest BCUT2D eigenvalue weighted by atomic mass is 10.1. The number of amides is 3. The summed E-state index contributed by atoms with van der Waals surface area (Å²) in [6.45, 7) is -0.0813. The minimum atomic E-state index is -0.441. The molecule has 3 amide bonds. The minimum Gasteiger partial charge on any atom is -0.347 e. The summed E-state index contributed by atoms with van der Waals surface area (Å²) in [6.07, 6.45) is 3.22. The molecule has 0 saturated heterocycles. The number of benzene rings is 1. The zero-order valence-electron chi connectivity index (χ0n) is 11.0. The Morgan fingerprint density at radius 3 is 2.43 bits per heavy atom. The molecule has 0 atom stereocenters. The molecule has 1 aromatic heterocycles. The molecule has 0 aliphatic carbocycles. The van der Waals surface area contributed by atoms with E-state index in [4.69, 9.17) is 0 Å². The average Bonchev–Trinajstić information content (AvgIpc) is 3.09. The van der Waals surface area contributed by atoms with Crippen LogP contribution < -0.4 is 5.32 Å². The van der Waals surface area contributed by atoms with Crippen molar-refractivity contribution >= 4 is 17.7 Å². The Balaban J connectivity index is 1.65. The summed E-state index contributed by atoms with van der Waals surface area (Å²) in [5.74, 6) is -0.695. The molecule has 7 nitrogen and oxygen atoms in total. The number of imide groups is 1. The zero-order valence-corrected chi connectivity index (χ0v) is 11.0. The van der Waals surface area contributed by atoms with E-state index in [0.29, 0.717) is 17.0 Å². The molecule has 2 heterocycles. The van der Waals surface area contributed by atoms with Crippen molar-refractivity contribution < 1.29 is 14.4 Å². The van der Waals surface area contributed by atoms with Crippen molar-refractivity contribution in [3.63, 3.8) is 0 Å². The van der Waals surface area contributed by atoms with Gasteiger partial charge in [-0.15, -0.1) is 0 Å². The van der Waals surface area contributed by atoms with Gasteiger partial charge in [-0.1, -0.05) is 12.1 Å². The maximum Gasteiger partial charge on any atom is 0.262 e. The van der Waals surface area contributed by atoms with Crippen LogP contribution in [0.25, 0.3) is 0 Å². The SMILES string of the molecule is O=C(CN1C(=O)c2ccccc2C1=O)NCc1ncc[nH]1. The fourth-order valence-electron chi connectivity index (χ4n) is 2.16. The first-order valence-electron chi connectivity index (χ1n) is 6.37. The van der Waals surface area contributed by atoms with Crippen LogP contribution in [-0.4, -0.2) is 39.1 Å². The highest BCUT2D eigenvalue weighted by molar-refractivity contribution is 6.22. The predicted molar refractivity (Wildman–Crippen MR) is 72.2 cm³/mol. The number of rotatable bonds is 4. The van der Waals surface area contributed by atoms with Crippen molar-refractivity contribution in [1.82, 2.24) is 20.2 Å². The van der Waals surface area contributed by atoms with Crippen LogP contribution in [0.15, 0.2) is 36.7 Å². The topological polar surface area (TPSA) is 95.2 Å². The van der Waals surface area contributed by atoms with Gasteiger partial charge in [-0.25, -0.2) is 4.98 Å². The van der Waals surface area contributed by atoms with Crippen LogP contribution in [0, 0.1) is 0 Å². The van der Waals surface area contributed by atoms with E-state index in [9.17, 15) is 14.4 Å². The summed E-state index contributed by atoms with van der Waals surface area (Å²) in [4.78, 5) is 43.8. The Morgan fingerprint density at radius 1 is 1.19 bits per heavy atom. The van der Waals surface area contributed by atoms with E-state index in [0.717, 1.165) is 4.90 Å². The molecule has 3 rings (SSSR count). The molecule has 7 heteroatoms. The van der Waals surface area contributed by atoms with E-state index >= 15 is 0 Å². The third-order valence-electron chi connectivity index (χ3n) is 3.19. The Hall–Kier alpha value is -2.96. The molecule has 2 N–H and O–H groups in total. The van der Waals surface area contributed by atoms with Crippen LogP contribution in [0.1, 0.15) is 26.5 Å². The van der Waals surface area contributed by atoms with Gasteiger partial charge >= 0.3 is 0 Å². The van der Waals surface area contributed by atoms with Gasteiger partial charge < -0.3 is 10.3 Å². The first-order valence-corrected chi connectivity index (χ1v) is 6.37. The molecule has 0 fully saturated rings. The van der Waals surface area contributed by atoms with E-state index in [1.54, 1.807) is 36.7 Å². The van der Waals surface area contributed by atoms with Crippen molar-refractivity contribution in [2.45, 2.75) is 6.54 Å². The number of aromatic amines is 1. The summed E-state index contributed by atoms with van der Waals surface area (Å²) < 4.78 is 0. The molecular weight excluding hydrogens is 272 g/mol. The number of carbonyl (C=O) groups is 3. The van der Waals surface area contributed by atoms with Gasteiger partial charge in [-0.3, -0.25) is 19.3 Å². The van der Waals surface area contributed by atoms with Gasteiger partial charge in [0.1, 0.15) is 12.4 Å². The monoisotopic (exact) mass is 284 g/mol. The van der Waals surface area contributed by atoms with E-state index < -0.39 is 17.7 Å². The predicted octanol–water partition coefficient (Wildman–Crippen LogP) is 0.322. The van der Waals surface area contributed by atoms with Gasteiger partial charge in [0.05, 0.1) is 17.7 Å². The van der Waals surface area contributed by atoms with Gasteiger partial charge in [0.2, 0.25) is 5.91 Å². The molecule has 1 aliphatic heterocycles. The number of carbonyl (C=O) groups excluding carboxylic acids is 3. The lowest BCUT2D eigenvalue weighted by Crippen LogP contribution is -2.40. The van der Waals surface area contributed by atoms with Crippen LogP contribution in [0.5, 0.6) is 0 Å².